The van der Waals surface area contributed by atoms with Crippen LogP contribution in [-0.4, -0.2) is 0 Å². The number of aryl methyl sites for hydroxylation is 3. The van der Waals surface area contributed by atoms with Gasteiger partial charge in [-0.1, -0.05) is 74.0 Å². The SMILES string of the molecule is CCc1cccc(C)c1.CCc1ccccc1. The molecule has 2 aromatic rings. The number of benzene rings is 2. The van der Waals surface area contributed by atoms with E-state index in [1.54, 1.807) is 0 Å². The third-order valence-electron chi connectivity index (χ3n) is 2.74. The van der Waals surface area contributed by atoms with Gasteiger partial charge in [0.15, 0.2) is 0 Å². The van der Waals surface area contributed by atoms with Crippen molar-refractivity contribution < 1.29 is 0 Å². The largest absolute Gasteiger partial charge is 0.0622 e. The van der Waals surface area contributed by atoms with E-state index in [2.05, 4.69) is 69.3 Å². The Morgan fingerprint density at radius 1 is 0.706 bits per heavy atom. The van der Waals surface area contributed by atoms with Gasteiger partial charge in [-0.25, -0.2) is 0 Å². The van der Waals surface area contributed by atoms with Crippen molar-refractivity contribution in [1.82, 2.24) is 0 Å². The van der Waals surface area contributed by atoms with Crippen molar-refractivity contribution in [3.63, 3.8) is 0 Å². The lowest BCUT2D eigenvalue weighted by molar-refractivity contribution is 1.13. The molecule has 0 aromatic heterocycles. The van der Waals surface area contributed by atoms with Crippen molar-refractivity contribution in [3.8, 4) is 0 Å². The van der Waals surface area contributed by atoms with Gasteiger partial charge in [0.25, 0.3) is 0 Å². The van der Waals surface area contributed by atoms with Crippen LogP contribution in [0, 0.1) is 6.92 Å². The van der Waals surface area contributed by atoms with Crippen LogP contribution in [0.5, 0.6) is 0 Å². The van der Waals surface area contributed by atoms with E-state index in [9.17, 15) is 0 Å². The monoisotopic (exact) mass is 226 g/mol. The Hall–Kier alpha value is -1.56. The molecule has 0 aliphatic rings. The molecule has 0 aliphatic carbocycles. The predicted octanol–water partition coefficient (Wildman–Crippen LogP) is 4.81. The molecule has 2 rings (SSSR count). The number of hydrogen-bond donors (Lipinski definition) is 0. The summed E-state index contributed by atoms with van der Waals surface area (Å²) >= 11 is 0. The second-order valence-electron chi connectivity index (χ2n) is 4.18. The van der Waals surface area contributed by atoms with E-state index in [0.717, 1.165) is 12.8 Å². The van der Waals surface area contributed by atoms with E-state index in [4.69, 9.17) is 0 Å². The molecule has 0 saturated heterocycles. The van der Waals surface area contributed by atoms with Gasteiger partial charge < -0.3 is 0 Å². The summed E-state index contributed by atoms with van der Waals surface area (Å²) in [5.74, 6) is 0. The summed E-state index contributed by atoms with van der Waals surface area (Å²) < 4.78 is 0. The summed E-state index contributed by atoms with van der Waals surface area (Å²) in [6.45, 7) is 6.46. The molecule has 0 amide bonds. The number of rotatable bonds is 2. The van der Waals surface area contributed by atoms with E-state index < -0.39 is 0 Å². The standard InChI is InChI=1S/C9H12.C8H10/c1-3-9-6-4-5-8(2)7-9;1-2-8-6-4-3-5-7-8/h4-7H,3H2,1-2H3;3-7H,2H2,1H3. The number of hydrogen-bond acceptors (Lipinski definition) is 0. The minimum absolute atomic E-state index is 1.14. The molecule has 0 nitrogen and oxygen atoms in total. The zero-order chi connectivity index (χ0) is 12.5. The van der Waals surface area contributed by atoms with Crippen LogP contribution in [0.25, 0.3) is 0 Å². The smallest absolute Gasteiger partial charge is 0.0307 e. The van der Waals surface area contributed by atoms with Gasteiger partial charge in [-0.05, 0) is 30.9 Å². The molecular weight excluding hydrogens is 204 g/mol. The highest BCUT2D eigenvalue weighted by Gasteiger charge is 1.85. The maximum atomic E-state index is 2.22. The first kappa shape index (κ1) is 13.5. The van der Waals surface area contributed by atoms with Crippen LogP contribution in [0.1, 0.15) is 30.5 Å². The van der Waals surface area contributed by atoms with Crippen molar-refractivity contribution in [2.75, 3.05) is 0 Å². The lowest BCUT2D eigenvalue weighted by Gasteiger charge is -1.95. The van der Waals surface area contributed by atoms with Crippen molar-refractivity contribution in [2.45, 2.75) is 33.6 Å². The molecule has 0 saturated carbocycles. The lowest BCUT2D eigenvalue weighted by atomic mass is 10.1. The maximum absolute atomic E-state index is 2.22. The topological polar surface area (TPSA) is 0 Å². The molecule has 0 bridgehead atoms. The Morgan fingerprint density at radius 3 is 1.71 bits per heavy atom. The molecule has 0 fully saturated rings. The molecule has 2 aromatic carbocycles. The molecule has 0 radical (unpaired) electrons. The van der Waals surface area contributed by atoms with Crippen LogP contribution in [-0.2, 0) is 12.8 Å². The fourth-order valence-corrected chi connectivity index (χ4v) is 1.65. The van der Waals surface area contributed by atoms with Crippen LogP contribution < -0.4 is 0 Å². The minimum atomic E-state index is 1.14. The summed E-state index contributed by atoms with van der Waals surface area (Å²) in [5.41, 5.74) is 4.19. The van der Waals surface area contributed by atoms with E-state index in [1.165, 1.54) is 16.7 Å². The summed E-state index contributed by atoms with van der Waals surface area (Å²) in [4.78, 5) is 0. The molecule has 90 valence electrons. The summed E-state index contributed by atoms with van der Waals surface area (Å²) in [5, 5.41) is 0. The highest BCUT2D eigenvalue weighted by molar-refractivity contribution is 5.21. The zero-order valence-corrected chi connectivity index (χ0v) is 11.1. The Kier molecular flexibility index (Phi) is 6.09. The molecule has 0 unspecified atom stereocenters. The van der Waals surface area contributed by atoms with Gasteiger partial charge in [-0.15, -0.1) is 0 Å². The average molecular weight is 226 g/mol. The lowest BCUT2D eigenvalue weighted by Crippen LogP contribution is -1.78. The Labute approximate surface area is 105 Å². The zero-order valence-electron chi connectivity index (χ0n) is 11.1. The quantitative estimate of drug-likeness (QED) is 0.689. The van der Waals surface area contributed by atoms with Crippen LogP contribution >= 0.6 is 0 Å². The molecule has 0 heteroatoms. The second kappa shape index (κ2) is 7.67. The molecule has 0 N–H and O–H groups in total. The van der Waals surface area contributed by atoms with E-state index in [1.807, 2.05) is 6.07 Å². The van der Waals surface area contributed by atoms with E-state index >= 15 is 0 Å². The molecule has 17 heavy (non-hydrogen) atoms. The Bertz CT molecular complexity index is 415. The van der Waals surface area contributed by atoms with Crippen molar-refractivity contribution >= 4 is 0 Å². The Balaban J connectivity index is 0.000000171. The fourth-order valence-electron chi connectivity index (χ4n) is 1.65. The first-order valence-corrected chi connectivity index (χ1v) is 6.35. The summed E-state index contributed by atoms with van der Waals surface area (Å²) in [6.07, 6.45) is 2.28. The molecular formula is C17H22. The fraction of sp³-hybridized carbons (Fsp3) is 0.294. The van der Waals surface area contributed by atoms with Crippen LogP contribution in [0.3, 0.4) is 0 Å². The predicted molar refractivity (Wildman–Crippen MR) is 76.4 cm³/mol. The average Bonchev–Trinajstić information content (AvgIpc) is 2.40. The third kappa shape index (κ3) is 5.35. The van der Waals surface area contributed by atoms with Crippen molar-refractivity contribution in [2.24, 2.45) is 0 Å². The molecule has 0 aliphatic heterocycles. The van der Waals surface area contributed by atoms with Gasteiger partial charge >= 0.3 is 0 Å². The van der Waals surface area contributed by atoms with Crippen LogP contribution in [0.4, 0.5) is 0 Å². The molecule has 0 spiro atoms. The molecule has 0 atom stereocenters. The van der Waals surface area contributed by atoms with Gasteiger partial charge in [0.05, 0.1) is 0 Å². The maximum Gasteiger partial charge on any atom is -0.0307 e. The first-order valence-electron chi connectivity index (χ1n) is 6.35. The van der Waals surface area contributed by atoms with Crippen LogP contribution in [0.2, 0.25) is 0 Å². The van der Waals surface area contributed by atoms with Crippen molar-refractivity contribution in [3.05, 3.63) is 71.3 Å². The normalized spacial score (nSPS) is 9.35. The third-order valence-corrected chi connectivity index (χ3v) is 2.74. The highest BCUT2D eigenvalue weighted by atomic mass is 13.9. The van der Waals surface area contributed by atoms with Gasteiger partial charge in [-0.3, -0.25) is 0 Å². The van der Waals surface area contributed by atoms with Crippen molar-refractivity contribution in [1.29, 1.82) is 0 Å². The summed E-state index contributed by atoms with van der Waals surface area (Å²) in [7, 11) is 0. The first-order chi connectivity index (χ1) is 8.26. The van der Waals surface area contributed by atoms with E-state index in [-0.39, 0.29) is 0 Å². The van der Waals surface area contributed by atoms with Gasteiger partial charge in [0.1, 0.15) is 0 Å². The molecule has 0 heterocycles. The van der Waals surface area contributed by atoms with Gasteiger partial charge in [-0.2, -0.15) is 0 Å². The van der Waals surface area contributed by atoms with E-state index in [0.29, 0.717) is 0 Å². The van der Waals surface area contributed by atoms with Gasteiger partial charge in [0, 0.05) is 0 Å². The Morgan fingerprint density at radius 2 is 1.29 bits per heavy atom. The summed E-state index contributed by atoms with van der Waals surface area (Å²) in [6, 6.07) is 19.1. The second-order valence-corrected chi connectivity index (χ2v) is 4.18. The van der Waals surface area contributed by atoms with Gasteiger partial charge in [0.2, 0.25) is 0 Å². The highest BCUT2D eigenvalue weighted by Crippen LogP contribution is 2.03. The minimum Gasteiger partial charge on any atom is -0.0622 e. The van der Waals surface area contributed by atoms with Crippen LogP contribution in [0.15, 0.2) is 54.6 Å².